The van der Waals surface area contributed by atoms with E-state index in [2.05, 4.69) is 57.1 Å². The third-order valence-electron chi connectivity index (χ3n) is 2.95. The van der Waals surface area contributed by atoms with Crippen molar-refractivity contribution in [3.05, 3.63) is 140 Å². The lowest BCUT2D eigenvalue weighted by Crippen LogP contribution is -1.91. The number of rotatable bonds is 0. The highest BCUT2D eigenvalue weighted by Gasteiger charge is 1.63. The summed E-state index contributed by atoms with van der Waals surface area (Å²) in [5.74, 6) is 0. The van der Waals surface area contributed by atoms with Crippen LogP contribution < -0.4 is 0 Å². The second-order valence-corrected chi connectivity index (χ2v) is 5.38. The van der Waals surface area contributed by atoms with Crippen molar-refractivity contribution in [2.24, 2.45) is 0 Å². The molecule has 0 aromatic carbocycles. The van der Waals surface area contributed by atoms with Crippen LogP contribution in [0.15, 0.2) is 140 Å². The minimum absolute atomic E-state index is 1.44. The molecule has 0 aliphatic heterocycles. The Hall–Kier alpha value is -5.19. The molecule has 0 saturated carbocycles. The fourth-order valence-electron chi connectivity index (χ4n) is 1.63. The summed E-state index contributed by atoms with van der Waals surface area (Å²) in [5, 5.41) is 36.6. The van der Waals surface area contributed by atoms with E-state index in [4.69, 9.17) is 0 Å². The van der Waals surface area contributed by atoms with Crippen LogP contribution in [0, 0.1) is 0 Å². The molecule has 170 valence electrons. The SMILES string of the molecule is c1cccccccccccnnnnnnnnnnnccccccccccc1. The van der Waals surface area contributed by atoms with E-state index in [0.29, 0.717) is 0 Å². The maximum Gasteiger partial charge on any atom is 0.0514 e. The molecule has 0 N–H and O–H groups in total. The minimum Gasteiger partial charge on any atom is -0.137 e. The quantitative estimate of drug-likeness (QED) is 0.572. The van der Waals surface area contributed by atoms with Crippen LogP contribution >= 0.6 is 0 Å². The highest BCUT2D eigenvalue weighted by molar-refractivity contribution is 4.99. The first-order valence-corrected chi connectivity index (χ1v) is 9.85. The van der Waals surface area contributed by atoms with E-state index >= 15 is 0 Å². The van der Waals surface area contributed by atoms with Crippen molar-refractivity contribution in [1.29, 1.82) is 0 Å². The maximum atomic E-state index is 3.62. The molecule has 0 fully saturated rings. The second-order valence-electron chi connectivity index (χ2n) is 5.38. The van der Waals surface area contributed by atoms with Gasteiger partial charge in [-0.25, -0.2) is 0 Å². The second kappa shape index (κ2) is 24.1. The van der Waals surface area contributed by atoms with Crippen LogP contribution in [0.4, 0.5) is 0 Å². The van der Waals surface area contributed by atoms with Gasteiger partial charge in [-0.2, -0.15) is 0 Å². The first-order valence-electron chi connectivity index (χ1n) is 9.85. The molecule has 0 aliphatic rings. The Kier molecular flexibility index (Phi) is 19.0. The molecule has 1 heterocycles. The van der Waals surface area contributed by atoms with E-state index in [0.717, 1.165) is 0 Å². The molecule has 11 heteroatoms. The van der Waals surface area contributed by atoms with Gasteiger partial charge in [0.1, 0.15) is 0 Å². The molecule has 0 unspecified atom stereocenters. The molecule has 1 rings (SSSR count). The molecule has 0 radical (unpaired) electrons. The van der Waals surface area contributed by atoms with Crippen LogP contribution in [0.25, 0.3) is 0 Å². The molecule has 0 amide bonds. The van der Waals surface area contributed by atoms with E-state index in [1.165, 1.54) is 12.4 Å². The Labute approximate surface area is 197 Å². The highest BCUT2D eigenvalue weighted by atomic mass is 15.6. The molecule has 0 aliphatic carbocycles. The first-order chi connectivity index (χ1) is 17.0. The lowest BCUT2D eigenvalue weighted by molar-refractivity contribution is 0.618. The van der Waals surface area contributed by atoms with Gasteiger partial charge < -0.3 is 0 Å². The summed E-state index contributed by atoms with van der Waals surface area (Å²) in [4.78, 5) is 0. The Bertz CT molecular complexity index is 662. The standard InChI is InChI=1S/C23H23N11/c1-2-4-6-8-10-12-14-16-18-20-22-24-26-28-30-32-34-33-31-29-27-25-23-21-19-17-15-13-11-9-7-5-3-1/h1-23H. The van der Waals surface area contributed by atoms with Crippen molar-refractivity contribution in [1.82, 2.24) is 57.1 Å². The average molecular weight is 454 g/mol. The van der Waals surface area contributed by atoms with Crippen LogP contribution in [0.3, 0.4) is 0 Å². The van der Waals surface area contributed by atoms with Gasteiger partial charge in [0.15, 0.2) is 0 Å². The van der Waals surface area contributed by atoms with Gasteiger partial charge >= 0.3 is 0 Å². The van der Waals surface area contributed by atoms with E-state index in [1.807, 2.05) is 103 Å². The highest BCUT2D eigenvalue weighted by Crippen LogP contribution is 1.80. The Morgan fingerprint density at radius 1 is 0.176 bits per heavy atom. The van der Waals surface area contributed by atoms with Crippen LogP contribution in [0.2, 0.25) is 0 Å². The number of hydrogen-bond acceptors (Lipinski definition) is 11. The molecule has 0 atom stereocenters. The van der Waals surface area contributed by atoms with Gasteiger partial charge in [0.05, 0.1) is 12.4 Å². The van der Waals surface area contributed by atoms with Crippen LogP contribution in [0.5, 0.6) is 0 Å². The van der Waals surface area contributed by atoms with Gasteiger partial charge in [0.25, 0.3) is 0 Å². The van der Waals surface area contributed by atoms with Gasteiger partial charge in [-0.1, -0.05) is 115 Å². The van der Waals surface area contributed by atoms with Crippen LogP contribution in [0.1, 0.15) is 0 Å². The van der Waals surface area contributed by atoms with Gasteiger partial charge in [0, 0.05) is 0 Å². The molecular formula is C23H23N11. The average Bonchev–Trinajstić information content (AvgIpc) is 2.85. The predicted octanol–water partition coefficient (Wildman–Crippen LogP) is 2.90. The normalized spacial score (nSPS) is 8.00. The third kappa shape index (κ3) is 21.5. The van der Waals surface area contributed by atoms with Crippen molar-refractivity contribution < 1.29 is 0 Å². The summed E-state index contributed by atoms with van der Waals surface area (Å²) >= 11 is 0. The van der Waals surface area contributed by atoms with E-state index in [1.54, 1.807) is 24.3 Å². The largest absolute Gasteiger partial charge is 0.137 e. The molecule has 1 aromatic heterocycles. The third-order valence-corrected chi connectivity index (χ3v) is 2.95. The summed E-state index contributed by atoms with van der Waals surface area (Å²) in [7, 11) is 0. The maximum absolute atomic E-state index is 3.62. The number of hydrogen-bond donors (Lipinski definition) is 0. The molecule has 0 bridgehead atoms. The fourth-order valence-corrected chi connectivity index (χ4v) is 1.63. The Morgan fingerprint density at radius 3 is 0.588 bits per heavy atom. The topological polar surface area (TPSA) is 142 Å². The summed E-state index contributed by atoms with van der Waals surface area (Å²) < 4.78 is 0. The number of aromatic nitrogens is 11. The van der Waals surface area contributed by atoms with Crippen LogP contribution in [-0.4, -0.2) is 57.1 Å². The minimum atomic E-state index is 1.44. The zero-order valence-corrected chi connectivity index (χ0v) is 18.2. The lowest BCUT2D eigenvalue weighted by Gasteiger charge is -1.69. The molecule has 0 saturated heterocycles. The summed E-state index contributed by atoms with van der Waals surface area (Å²) in [5.41, 5.74) is 0. The van der Waals surface area contributed by atoms with Crippen molar-refractivity contribution in [3.63, 3.8) is 0 Å². The monoisotopic (exact) mass is 453 g/mol. The van der Waals surface area contributed by atoms with E-state index in [-0.39, 0.29) is 0 Å². The van der Waals surface area contributed by atoms with E-state index in [9.17, 15) is 0 Å². The Morgan fingerprint density at radius 2 is 0.353 bits per heavy atom. The zero-order chi connectivity index (χ0) is 24.0. The predicted molar refractivity (Wildman–Crippen MR) is 126 cm³/mol. The summed E-state index contributed by atoms with van der Waals surface area (Å²) in [6.07, 6.45) is 2.87. The first kappa shape index (κ1) is 26.8. The molecule has 34 heavy (non-hydrogen) atoms. The lowest BCUT2D eigenvalue weighted by atomic mass is 10.4. The van der Waals surface area contributed by atoms with Gasteiger partial charge in [-0.15, -0.1) is 10.2 Å². The molecule has 1 aromatic rings. The van der Waals surface area contributed by atoms with Crippen molar-refractivity contribution in [2.75, 3.05) is 0 Å². The Balaban J connectivity index is 3.00. The van der Waals surface area contributed by atoms with Crippen molar-refractivity contribution >= 4 is 0 Å². The summed E-state index contributed by atoms with van der Waals surface area (Å²) in [6.45, 7) is 0. The molecule has 11 nitrogen and oxygen atoms in total. The van der Waals surface area contributed by atoms with Crippen LogP contribution in [-0.2, 0) is 0 Å². The summed E-state index contributed by atoms with van der Waals surface area (Å²) in [6, 6.07) is 39.5. The van der Waals surface area contributed by atoms with E-state index < -0.39 is 0 Å². The van der Waals surface area contributed by atoms with Crippen molar-refractivity contribution in [2.45, 2.75) is 0 Å². The van der Waals surface area contributed by atoms with Gasteiger partial charge in [-0.05, 0) is 59.1 Å². The molecular weight excluding hydrogens is 430 g/mol. The fraction of sp³-hybridized carbons (Fsp3) is 0. The number of nitrogens with zero attached hydrogens (tertiary/aromatic N) is 11. The molecule has 0 spiro atoms. The van der Waals surface area contributed by atoms with Gasteiger partial charge in [-0.3, -0.25) is 0 Å². The van der Waals surface area contributed by atoms with Gasteiger partial charge in [0.2, 0.25) is 0 Å². The zero-order valence-electron chi connectivity index (χ0n) is 18.2. The van der Waals surface area contributed by atoms with Crippen molar-refractivity contribution in [3.8, 4) is 0 Å². The smallest absolute Gasteiger partial charge is 0.0514 e.